The lowest BCUT2D eigenvalue weighted by Crippen LogP contribution is -2.33. The van der Waals surface area contributed by atoms with Crippen molar-refractivity contribution in [3.63, 3.8) is 0 Å². The molecule has 5 nitrogen and oxygen atoms in total. The lowest BCUT2D eigenvalue weighted by atomic mass is 10.4. The van der Waals surface area contributed by atoms with Crippen LogP contribution in [-0.2, 0) is 9.30 Å². The number of hydrogen-bond acceptors (Lipinski definition) is 2. The second-order valence-electron chi connectivity index (χ2n) is 2.59. The molecule has 0 bridgehead atoms. The maximum absolute atomic E-state index is 12.4. The van der Waals surface area contributed by atoms with Crippen molar-refractivity contribution in [3.8, 4) is 0 Å². The fourth-order valence-corrected chi connectivity index (χ4v) is 1.51. The van der Waals surface area contributed by atoms with Crippen LogP contribution < -0.4 is 0 Å². The van der Waals surface area contributed by atoms with Gasteiger partial charge < -0.3 is 14.5 Å². The summed E-state index contributed by atoms with van der Waals surface area (Å²) in [7, 11) is -3.45. The average Bonchev–Trinajstić information content (AvgIpc) is 2.04. The van der Waals surface area contributed by atoms with E-state index in [0.29, 0.717) is 13.1 Å². The van der Waals surface area contributed by atoms with Crippen molar-refractivity contribution in [2.45, 2.75) is 13.8 Å². The van der Waals surface area contributed by atoms with Gasteiger partial charge in [0.2, 0.25) is 0 Å². The van der Waals surface area contributed by atoms with E-state index in [-0.39, 0.29) is 12.4 Å². The van der Waals surface area contributed by atoms with Gasteiger partial charge >= 0.3 is 7.83 Å². The number of halogens is 1. The molecule has 0 saturated heterocycles. The summed E-state index contributed by atoms with van der Waals surface area (Å²) in [5, 5.41) is 0. The normalized spacial score (nSPS) is 16.5. The summed E-state index contributed by atoms with van der Waals surface area (Å²) < 4.78 is 30.8. The molecule has 1 unspecified atom stereocenters. The van der Waals surface area contributed by atoms with Gasteiger partial charge in [-0.05, 0) is 13.8 Å². The molecule has 0 aromatic heterocycles. The molecule has 0 aliphatic carbocycles. The topological polar surface area (TPSA) is 62.1 Å². The molecular weight excluding hydrogens is 210 g/mol. The van der Waals surface area contributed by atoms with Crippen LogP contribution >= 0.6 is 7.83 Å². The quantitative estimate of drug-likeness (QED) is 0.437. The SMILES string of the molecule is CCN(CC)C(COC)=NP(=O)(O)F. The van der Waals surface area contributed by atoms with E-state index in [0.717, 1.165) is 0 Å². The molecule has 0 aromatic carbocycles. The smallest absolute Gasteiger partial charge is 0.377 e. The fraction of sp³-hybridized carbons (Fsp3) is 0.857. The largest absolute Gasteiger partial charge is 0.490 e. The van der Waals surface area contributed by atoms with E-state index in [1.54, 1.807) is 4.90 Å². The van der Waals surface area contributed by atoms with Gasteiger partial charge in [0, 0.05) is 20.2 Å². The molecule has 0 aromatic rings. The third-order valence-electron chi connectivity index (χ3n) is 1.64. The Bertz CT molecular complexity index is 237. The number of ether oxygens (including phenoxy) is 1. The molecule has 0 fully saturated rings. The molecular formula is C7H16FN2O3P. The molecule has 84 valence electrons. The molecule has 14 heavy (non-hydrogen) atoms. The first-order chi connectivity index (χ1) is 6.44. The van der Waals surface area contributed by atoms with Crippen molar-refractivity contribution in [1.29, 1.82) is 0 Å². The van der Waals surface area contributed by atoms with Crippen LogP contribution in [0.1, 0.15) is 13.8 Å². The van der Waals surface area contributed by atoms with Gasteiger partial charge in [0.1, 0.15) is 12.4 Å². The Hall–Kier alpha value is -0.450. The lowest BCUT2D eigenvalue weighted by Gasteiger charge is -2.22. The number of methoxy groups -OCH3 is 1. The number of likely N-dealkylation sites (N-methyl/N-ethyl adjacent to an activating group) is 1. The van der Waals surface area contributed by atoms with E-state index in [9.17, 15) is 8.76 Å². The van der Waals surface area contributed by atoms with E-state index in [1.165, 1.54) is 7.11 Å². The molecule has 1 N–H and O–H groups in total. The number of hydrogen-bond donors (Lipinski definition) is 1. The summed E-state index contributed by atoms with van der Waals surface area (Å²) in [6.45, 7) is 4.87. The van der Waals surface area contributed by atoms with Gasteiger partial charge in [0.15, 0.2) is 0 Å². The van der Waals surface area contributed by atoms with E-state index in [2.05, 4.69) is 4.76 Å². The van der Waals surface area contributed by atoms with Crippen LogP contribution in [-0.4, -0.2) is 42.4 Å². The zero-order valence-corrected chi connectivity index (χ0v) is 9.50. The van der Waals surface area contributed by atoms with Crippen molar-refractivity contribution in [3.05, 3.63) is 0 Å². The van der Waals surface area contributed by atoms with Crippen LogP contribution in [0.4, 0.5) is 4.20 Å². The second-order valence-corrected chi connectivity index (χ2v) is 3.74. The molecule has 7 heteroatoms. The van der Waals surface area contributed by atoms with Crippen LogP contribution in [0.5, 0.6) is 0 Å². The minimum Gasteiger partial charge on any atom is -0.377 e. The van der Waals surface area contributed by atoms with Gasteiger partial charge in [-0.2, -0.15) is 4.76 Å². The van der Waals surface area contributed by atoms with Gasteiger partial charge in [-0.3, -0.25) is 0 Å². The average molecular weight is 226 g/mol. The van der Waals surface area contributed by atoms with Crippen LogP contribution in [0.3, 0.4) is 0 Å². The predicted octanol–water partition coefficient (Wildman–Crippen LogP) is 1.44. The zero-order chi connectivity index (χ0) is 11.2. The Morgan fingerprint density at radius 2 is 2.07 bits per heavy atom. The maximum Gasteiger partial charge on any atom is 0.490 e. The Kier molecular flexibility index (Phi) is 5.92. The Labute approximate surface area is 83.2 Å². The maximum atomic E-state index is 12.4. The summed E-state index contributed by atoms with van der Waals surface area (Å²) in [6.07, 6.45) is 0. The van der Waals surface area contributed by atoms with E-state index >= 15 is 0 Å². The lowest BCUT2D eigenvalue weighted by molar-refractivity contribution is 0.231. The summed E-state index contributed by atoms with van der Waals surface area (Å²) in [6, 6.07) is 0. The molecule has 1 atom stereocenters. The molecule has 0 aliphatic heterocycles. The Morgan fingerprint density at radius 1 is 1.57 bits per heavy atom. The molecule has 0 rings (SSSR count). The fourth-order valence-electron chi connectivity index (χ4n) is 1.04. The Morgan fingerprint density at radius 3 is 2.36 bits per heavy atom. The third kappa shape index (κ3) is 5.32. The van der Waals surface area contributed by atoms with Gasteiger partial charge in [-0.25, -0.2) is 4.57 Å². The number of rotatable bonds is 5. The first-order valence-corrected chi connectivity index (χ1v) is 5.80. The first-order valence-electron chi connectivity index (χ1n) is 4.30. The molecule has 0 saturated carbocycles. The zero-order valence-electron chi connectivity index (χ0n) is 8.60. The third-order valence-corrected chi connectivity index (χ3v) is 2.12. The first kappa shape index (κ1) is 13.5. The van der Waals surface area contributed by atoms with Crippen molar-refractivity contribution in [1.82, 2.24) is 4.90 Å². The summed E-state index contributed by atoms with van der Waals surface area (Å²) >= 11 is 0. The standard InChI is InChI=1S/C7H16FN2O3P/c1-4-10(5-2)7(6-13-3)9-14(8,11)12/h4-6H2,1-3H3,(H,11,12). The Balaban J connectivity index is 4.73. The van der Waals surface area contributed by atoms with E-state index < -0.39 is 7.83 Å². The van der Waals surface area contributed by atoms with Crippen LogP contribution in [0.15, 0.2) is 4.76 Å². The molecule has 0 aliphatic rings. The van der Waals surface area contributed by atoms with E-state index in [1.807, 2.05) is 13.8 Å². The highest BCUT2D eigenvalue weighted by molar-refractivity contribution is 7.51. The number of amidine groups is 1. The minimum absolute atomic E-state index is 0.0240. The van der Waals surface area contributed by atoms with Gasteiger partial charge in [-0.1, -0.05) is 0 Å². The van der Waals surface area contributed by atoms with Crippen molar-refractivity contribution in [2.75, 3.05) is 26.8 Å². The number of nitrogens with zero attached hydrogens (tertiary/aromatic N) is 2. The highest BCUT2D eigenvalue weighted by Gasteiger charge is 2.18. The molecule has 0 amide bonds. The highest BCUT2D eigenvalue weighted by atomic mass is 31.2. The van der Waals surface area contributed by atoms with Gasteiger partial charge in [0.05, 0.1) is 0 Å². The molecule has 0 heterocycles. The van der Waals surface area contributed by atoms with Gasteiger partial charge in [0.25, 0.3) is 0 Å². The minimum atomic E-state index is -4.87. The van der Waals surface area contributed by atoms with Crippen molar-refractivity contribution >= 4 is 13.7 Å². The van der Waals surface area contributed by atoms with Crippen molar-refractivity contribution < 1.29 is 18.4 Å². The predicted molar refractivity (Wildman–Crippen MR) is 53.2 cm³/mol. The second kappa shape index (κ2) is 6.11. The molecule has 0 radical (unpaired) electrons. The van der Waals surface area contributed by atoms with Crippen molar-refractivity contribution in [2.24, 2.45) is 4.76 Å². The van der Waals surface area contributed by atoms with E-state index in [4.69, 9.17) is 9.63 Å². The summed E-state index contributed by atoms with van der Waals surface area (Å²) in [5.74, 6) is 0.158. The van der Waals surface area contributed by atoms with Crippen LogP contribution in [0.25, 0.3) is 0 Å². The summed E-state index contributed by atoms with van der Waals surface area (Å²) in [5.41, 5.74) is 0. The monoisotopic (exact) mass is 226 g/mol. The van der Waals surface area contributed by atoms with Crippen LogP contribution in [0, 0.1) is 0 Å². The summed E-state index contributed by atoms with van der Waals surface area (Å²) in [4.78, 5) is 10.1. The van der Waals surface area contributed by atoms with Crippen LogP contribution in [0.2, 0.25) is 0 Å². The highest BCUT2D eigenvalue weighted by Crippen LogP contribution is 2.44. The molecule has 0 spiro atoms. The van der Waals surface area contributed by atoms with Gasteiger partial charge in [-0.15, -0.1) is 4.20 Å².